The van der Waals surface area contributed by atoms with Gasteiger partial charge in [-0.1, -0.05) is 0 Å². The van der Waals surface area contributed by atoms with Gasteiger partial charge in [0.15, 0.2) is 0 Å². The molecule has 3 aromatic rings. The van der Waals surface area contributed by atoms with E-state index in [9.17, 15) is 4.79 Å². The van der Waals surface area contributed by atoms with Crippen LogP contribution < -0.4 is 4.90 Å². The highest BCUT2D eigenvalue weighted by Gasteiger charge is 2.47. The molecular weight excluding hydrogens is 342 g/mol. The van der Waals surface area contributed by atoms with Gasteiger partial charge < -0.3 is 14.8 Å². The van der Waals surface area contributed by atoms with Crippen LogP contribution in [0.2, 0.25) is 0 Å². The Morgan fingerprint density at radius 3 is 2.93 bits per heavy atom. The lowest BCUT2D eigenvalue weighted by molar-refractivity contribution is -0.130. The maximum atomic E-state index is 12.9. The molecule has 4 heterocycles. The van der Waals surface area contributed by atoms with Crippen molar-refractivity contribution in [3.63, 3.8) is 0 Å². The number of aromatic nitrogens is 5. The third-order valence-corrected chi connectivity index (χ3v) is 5.91. The molecule has 1 aliphatic carbocycles. The van der Waals surface area contributed by atoms with Crippen molar-refractivity contribution >= 4 is 22.8 Å². The van der Waals surface area contributed by atoms with Gasteiger partial charge in [-0.15, -0.1) is 0 Å². The number of nitrogens with zero attached hydrogens (tertiary/aromatic N) is 5. The Labute approximate surface area is 157 Å². The van der Waals surface area contributed by atoms with Gasteiger partial charge in [0.25, 0.3) is 0 Å². The normalized spacial score (nSPS) is 18.9. The van der Waals surface area contributed by atoms with E-state index in [1.807, 2.05) is 24.1 Å². The molecule has 140 valence electrons. The molecule has 5 rings (SSSR count). The second kappa shape index (κ2) is 6.07. The van der Waals surface area contributed by atoms with Crippen molar-refractivity contribution in [1.29, 1.82) is 0 Å². The molecule has 1 aliphatic heterocycles. The molecule has 0 unspecified atom stereocenters. The monoisotopic (exact) mass is 365 g/mol. The largest absolute Gasteiger partial charge is 0.354 e. The minimum absolute atomic E-state index is 0.183. The quantitative estimate of drug-likeness (QED) is 0.736. The molecule has 2 N–H and O–H groups in total. The van der Waals surface area contributed by atoms with Crippen LogP contribution in [-0.4, -0.2) is 62.1 Å². The van der Waals surface area contributed by atoms with Crippen LogP contribution in [0.25, 0.3) is 11.0 Å². The molecule has 8 heteroatoms. The highest BCUT2D eigenvalue weighted by Crippen LogP contribution is 2.48. The molecule has 1 amide bonds. The highest BCUT2D eigenvalue weighted by atomic mass is 16.2. The summed E-state index contributed by atoms with van der Waals surface area (Å²) in [4.78, 5) is 29.3. The van der Waals surface area contributed by atoms with Gasteiger partial charge in [0.2, 0.25) is 5.91 Å². The number of hydrogen-bond donors (Lipinski definition) is 2. The summed E-state index contributed by atoms with van der Waals surface area (Å²) in [7, 11) is 0. The van der Waals surface area contributed by atoms with E-state index in [-0.39, 0.29) is 11.3 Å². The molecule has 27 heavy (non-hydrogen) atoms. The van der Waals surface area contributed by atoms with E-state index in [4.69, 9.17) is 0 Å². The third-order valence-electron chi connectivity index (χ3n) is 5.91. The van der Waals surface area contributed by atoms with E-state index in [0.29, 0.717) is 13.0 Å². The second-order valence-corrected chi connectivity index (χ2v) is 7.87. The van der Waals surface area contributed by atoms with Crippen molar-refractivity contribution in [2.45, 2.75) is 26.2 Å². The van der Waals surface area contributed by atoms with Gasteiger partial charge in [-0.05, 0) is 25.8 Å². The Balaban J connectivity index is 1.38. The van der Waals surface area contributed by atoms with Gasteiger partial charge in [-0.3, -0.25) is 9.89 Å². The smallest absolute Gasteiger partial charge is 0.227 e. The maximum absolute atomic E-state index is 12.9. The molecule has 2 aliphatic rings. The van der Waals surface area contributed by atoms with Gasteiger partial charge in [-0.25, -0.2) is 9.97 Å². The van der Waals surface area contributed by atoms with E-state index < -0.39 is 0 Å². The summed E-state index contributed by atoms with van der Waals surface area (Å²) in [6, 6.07) is 2.03. The van der Waals surface area contributed by atoms with E-state index in [1.165, 1.54) is 12.8 Å². The highest BCUT2D eigenvalue weighted by molar-refractivity contribution is 5.87. The number of carbonyl (C=O) groups excluding carboxylic acids is 1. The summed E-state index contributed by atoms with van der Waals surface area (Å²) >= 11 is 0. The molecular formula is C19H23N7O. The Morgan fingerprint density at radius 2 is 2.15 bits per heavy atom. The standard InChI is InChI=1S/C19H23N7O/c1-13-14(9-23-24-13)8-16(27)25-6-7-26(11-19(10-25)3-4-19)18-15-2-5-20-17(15)21-12-22-18/h2,5,9,12H,3-4,6-8,10-11H2,1H3,(H,23,24)(H,20,21,22). The number of H-pyrrole nitrogens is 2. The number of nitrogens with one attached hydrogen (secondary N) is 2. The summed E-state index contributed by atoms with van der Waals surface area (Å²) in [6.45, 7) is 5.24. The van der Waals surface area contributed by atoms with Gasteiger partial charge in [0.05, 0.1) is 18.0 Å². The molecule has 0 atom stereocenters. The van der Waals surface area contributed by atoms with Crippen molar-refractivity contribution in [2.24, 2.45) is 5.41 Å². The number of hydrogen-bond acceptors (Lipinski definition) is 5. The first-order chi connectivity index (χ1) is 13.1. The van der Waals surface area contributed by atoms with Crippen molar-refractivity contribution in [2.75, 3.05) is 31.1 Å². The topological polar surface area (TPSA) is 93.8 Å². The van der Waals surface area contributed by atoms with Crippen LogP contribution in [0, 0.1) is 12.3 Å². The molecule has 2 fully saturated rings. The number of aromatic amines is 2. The Morgan fingerprint density at radius 1 is 1.26 bits per heavy atom. The number of fused-ring (bicyclic) bond motifs is 1. The number of aryl methyl sites for hydroxylation is 1. The van der Waals surface area contributed by atoms with Gasteiger partial charge in [0, 0.05) is 49.0 Å². The molecule has 0 radical (unpaired) electrons. The second-order valence-electron chi connectivity index (χ2n) is 7.87. The minimum atomic E-state index is 0.183. The molecule has 3 aromatic heterocycles. The lowest BCUT2D eigenvalue weighted by Crippen LogP contribution is -2.37. The lowest BCUT2D eigenvalue weighted by atomic mass is 10.1. The molecule has 0 aromatic carbocycles. The van der Waals surface area contributed by atoms with Crippen LogP contribution in [0.4, 0.5) is 5.82 Å². The number of rotatable bonds is 3. The van der Waals surface area contributed by atoms with Crippen molar-refractivity contribution < 1.29 is 4.79 Å². The summed E-state index contributed by atoms with van der Waals surface area (Å²) in [6.07, 6.45) is 8.01. The predicted molar refractivity (Wildman–Crippen MR) is 101 cm³/mol. The first-order valence-electron chi connectivity index (χ1n) is 9.43. The third kappa shape index (κ3) is 2.94. The average molecular weight is 365 g/mol. The van der Waals surface area contributed by atoms with Crippen LogP contribution in [0.15, 0.2) is 24.8 Å². The first-order valence-corrected chi connectivity index (χ1v) is 9.43. The fourth-order valence-corrected chi connectivity index (χ4v) is 4.09. The molecule has 0 bridgehead atoms. The van der Waals surface area contributed by atoms with Crippen molar-refractivity contribution in [1.82, 2.24) is 30.0 Å². The van der Waals surface area contributed by atoms with E-state index in [0.717, 1.165) is 47.7 Å². The fraction of sp³-hybridized carbons (Fsp3) is 0.474. The number of amides is 1. The molecule has 8 nitrogen and oxygen atoms in total. The average Bonchev–Trinajstić information content (AvgIpc) is 3.11. The van der Waals surface area contributed by atoms with E-state index in [2.05, 4.69) is 30.0 Å². The van der Waals surface area contributed by atoms with Crippen molar-refractivity contribution in [3.05, 3.63) is 36.0 Å². The molecule has 1 spiro atoms. The maximum Gasteiger partial charge on any atom is 0.227 e. The zero-order chi connectivity index (χ0) is 18.4. The first kappa shape index (κ1) is 16.3. The Bertz CT molecular complexity index is 987. The van der Waals surface area contributed by atoms with Gasteiger partial charge in [-0.2, -0.15) is 5.10 Å². The summed E-state index contributed by atoms with van der Waals surface area (Å²) in [5, 5.41) is 7.99. The Hall–Kier alpha value is -2.90. The number of carbonyl (C=O) groups is 1. The van der Waals surface area contributed by atoms with Crippen LogP contribution in [-0.2, 0) is 11.2 Å². The van der Waals surface area contributed by atoms with Crippen LogP contribution in [0.1, 0.15) is 24.1 Å². The van der Waals surface area contributed by atoms with Crippen LogP contribution in [0.3, 0.4) is 0 Å². The summed E-state index contributed by atoms with van der Waals surface area (Å²) in [5.41, 5.74) is 3.01. The SMILES string of the molecule is Cc1[nH]ncc1CC(=O)N1CCN(c2ncnc3[nH]ccc23)CC2(CC2)C1. The predicted octanol–water partition coefficient (Wildman–Crippen LogP) is 1.66. The summed E-state index contributed by atoms with van der Waals surface area (Å²) < 4.78 is 0. The van der Waals surface area contributed by atoms with E-state index >= 15 is 0 Å². The zero-order valence-corrected chi connectivity index (χ0v) is 15.4. The fourth-order valence-electron chi connectivity index (χ4n) is 4.09. The summed E-state index contributed by atoms with van der Waals surface area (Å²) in [5.74, 6) is 1.15. The Kier molecular flexibility index (Phi) is 3.66. The van der Waals surface area contributed by atoms with E-state index in [1.54, 1.807) is 12.5 Å². The van der Waals surface area contributed by atoms with Gasteiger partial charge >= 0.3 is 0 Å². The molecule has 1 saturated carbocycles. The van der Waals surface area contributed by atoms with Crippen LogP contribution in [0.5, 0.6) is 0 Å². The minimum Gasteiger partial charge on any atom is -0.354 e. The number of anilines is 1. The van der Waals surface area contributed by atoms with Crippen molar-refractivity contribution in [3.8, 4) is 0 Å². The van der Waals surface area contributed by atoms with Gasteiger partial charge in [0.1, 0.15) is 17.8 Å². The van der Waals surface area contributed by atoms with Crippen LogP contribution >= 0.6 is 0 Å². The zero-order valence-electron chi connectivity index (χ0n) is 15.4. The lowest BCUT2D eigenvalue weighted by Gasteiger charge is -2.25. The molecule has 1 saturated heterocycles.